The first-order valence-electron chi connectivity index (χ1n) is 6.28. The third kappa shape index (κ3) is 2.92. The van der Waals surface area contributed by atoms with Crippen molar-refractivity contribution in [3.63, 3.8) is 0 Å². The van der Waals surface area contributed by atoms with E-state index in [1.54, 1.807) is 0 Å². The van der Waals surface area contributed by atoms with E-state index in [1.165, 1.54) is 32.1 Å². The van der Waals surface area contributed by atoms with Crippen LogP contribution >= 0.6 is 0 Å². The van der Waals surface area contributed by atoms with Gasteiger partial charge in [0.1, 0.15) is 0 Å². The van der Waals surface area contributed by atoms with Gasteiger partial charge in [0.05, 0.1) is 25.9 Å². The monoisotopic (exact) mass is 213 g/mol. The van der Waals surface area contributed by atoms with Crippen LogP contribution < -0.4 is 5.32 Å². The van der Waals surface area contributed by atoms with E-state index in [9.17, 15) is 0 Å². The highest BCUT2D eigenvalue weighted by molar-refractivity contribution is 4.85. The van der Waals surface area contributed by atoms with Gasteiger partial charge in [0.15, 0.2) is 0 Å². The second-order valence-corrected chi connectivity index (χ2v) is 4.70. The van der Waals surface area contributed by atoms with Gasteiger partial charge in [-0.3, -0.25) is 0 Å². The molecule has 0 radical (unpaired) electrons. The Kier molecular flexibility index (Phi) is 4.42. The van der Waals surface area contributed by atoms with Crippen LogP contribution in [0.4, 0.5) is 0 Å². The number of rotatable bonds is 3. The molecule has 2 unspecified atom stereocenters. The summed E-state index contributed by atoms with van der Waals surface area (Å²) in [6.07, 6.45) is 7.16. The molecule has 1 N–H and O–H groups in total. The van der Waals surface area contributed by atoms with Crippen molar-refractivity contribution in [1.82, 2.24) is 5.32 Å². The minimum Gasteiger partial charge on any atom is -0.376 e. The van der Waals surface area contributed by atoms with E-state index in [4.69, 9.17) is 9.47 Å². The molecule has 0 aromatic carbocycles. The molecule has 1 saturated carbocycles. The molecular weight excluding hydrogens is 190 g/mol. The Labute approximate surface area is 92.5 Å². The zero-order chi connectivity index (χ0) is 10.5. The average Bonchev–Trinajstić information content (AvgIpc) is 2.33. The fourth-order valence-corrected chi connectivity index (χ4v) is 2.93. The standard InChI is InChI=1S/C12H23NO2/c1-13-12(10-5-3-2-4-6-10)11-9-14-7-8-15-11/h10-13H,2-9H2,1H3. The van der Waals surface area contributed by atoms with E-state index in [2.05, 4.69) is 12.4 Å². The Bertz CT molecular complexity index is 156. The maximum Gasteiger partial charge on any atom is 0.0964 e. The lowest BCUT2D eigenvalue weighted by molar-refractivity contribution is -0.109. The fourth-order valence-electron chi connectivity index (χ4n) is 2.93. The van der Waals surface area contributed by atoms with E-state index in [-0.39, 0.29) is 6.10 Å². The normalized spacial score (nSPS) is 31.4. The molecule has 15 heavy (non-hydrogen) atoms. The lowest BCUT2D eigenvalue weighted by Crippen LogP contribution is -2.50. The Morgan fingerprint density at radius 3 is 2.53 bits per heavy atom. The molecule has 0 aromatic heterocycles. The summed E-state index contributed by atoms with van der Waals surface area (Å²) in [4.78, 5) is 0. The summed E-state index contributed by atoms with van der Waals surface area (Å²) in [6, 6.07) is 0.491. The van der Waals surface area contributed by atoms with Crippen molar-refractivity contribution in [2.45, 2.75) is 44.2 Å². The fraction of sp³-hybridized carbons (Fsp3) is 1.00. The molecule has 2 rings (SSSR count). The van der Waals surface area contributed by atoms with Gasteiger partial charge in [-0.2, -0.15) is 0 Å². The minimum absolute atomic E-state index is 0.270. The van der Waals surface area contributed by atoms with Crippen molar-refractivity contribution < 1.29 is 9.47 Å². The third-order valence-corrected chi connectivity index (χ3v) is 3.73. The van der Waals surface area contributed by atoms with Crippen LogP contribution in [0.2, 0.25) is 0 Å². The number of nitrogens with one attached hydrogen (secondary N) is 1. The molecule has 0 bridgehead atoms. The van der Waals surface area contributed by atoms with Crippen LogP contribution in [0, 0.1) is 5.92 Å². The quantitative estimate of drug-likeness (QED) is 0.772. The smallest absolute Gasteiger partial charge is 0.0964 e. The van der Waals surface area contributed by atoms with E-state index >= 15 is 0 Å². The third-order valence-electron chi connectivity index (χ3n) is 3.73. The second-order valence-electron chi connectivity index (χ2n) is 4.70. The summed E-state index contributed by atoms with van der Waals surface area (Å²) < 4.78 is 11.3. The van der Waals surface area contributed by atoms with Crippen LogP contribution in [-0.2, 0) is 9.47 Å². The van der Waals surface area contributed by atoms with Gasteiger partial charge in [0, 0.05) is 6.04 Å². The summed E-state index contributed by atoms with van der Waals surface area (Å²) in [6.45, 7) is 2.29. The first-order chi connectivity index (χ1) is 7.42. The Morgan fingerprint density at radius 2 is 1.93 bits per heavy atom. The molecule has 0 aromatic rings. The lowest BCUT2D eigenvalue weighted by atomic mass is 9.82. The largest absolute Gasteiger partial charge is 0.376 e. The van der Waals surface area contributed by atoms with Crippen LogP contribution in [0.1, 0.15) is 32.1 Å². The van der Waals surface area contributed by atoms with Crippen molar-refractivity contribution >= 4 is 0 Å². The number of ether oxygens (including phenoxy) is 2. The molecule has 1 aliphatic carbocycles. The van der Waals surface area contributed by atoms with Gasteiger partial charge in [-0.05, 0) is 25.8 Å². The molecule has 0 amide bonds. The van der Waals surface area contributed by atoms with Crippen LogP contribution in [-0.4, -0.2) is 39.0 Å². The second kappa shape index (κ2) is 5.83. The number of hydrogen-bond donors (Lipinski definition) is 1. The van der Waals surface area contributed by atoms with E-state index in [1.807, 2.05) is 0 Å². The average molecular weight is 213 g/mol. The van der Waals surface area contributed by atoms with Crippen molar-refractivity contribution in [2.75, 3.05) is 26.9 Å². The van der Waals surface area contributed by atoms with Gasteiger partial charge in [0.2, 0.25) is 0 Å². The topological polar surface area (TPSA) is 30.5 Å². The number of likely N-dealkylation sites (N-methyl/N-ethyl adjacent to an activating group) is 1. The number of hydrogen-bond acceptors (Lipinski definition) is 3. The summed E-state index contributed by atoms with van der Waals surface area (Å²) in [7, 11) is 2.05. The summed E-state index contributed by atoms with van der Waals surface area (Å²) >= 11 is 0. The van der Waals surface area contributed by atoms with Crippen molar-refractivity contribution in [3.05, 3.63) is 0 Å². The predicted molar refractivity (Wildman–Crippen MR) is 60.0 cm³/mol. The molecule has 2 aliphatic rings. The first kappa shape index (κ1) is 11.4. The van der Waals surface area contributed by atoms with Gasteiger partial charge >= 0.3 is 0 Å². The van der Waals surface area contributed by atoms with Gasteiger partial charge in [0.25, 0.3) is 0 Å². The SMILES string of the molecule is CNC(C1CCCCC1)C1COCCO1. The minimum atomic E-state index is 0.270. The van der Waals surface area contributed by atoms with Crippen molar-refractivity contribution in [3.8, 4) is 0 Å². The highest BCUT2D eigenvalue weighted by Crippen LogP contribution is 2.29. The van der Waals surface area contributed by atoms with Crippen LogP contribution in [0.5, 0.6) is 0 Å². The highest BCUT2D eigenvalue weighted by Gasteiger charge is 2.31. The molecule has 2 fully saturated rings. The summed E-state index contributed by atoms with van der Waals surface area (Å²) in [5, 5.41) is 3.44. The van der Waals surface area contributed by atoms with Crippen LogP contribution in [0.15, 0.2) is 0 Å². The summed E-state index contributed by atoms with van der Waals surface area (Å²) in [5.41, 5.74) is 0. The maximum absolute atomic E-state index is 5.80. The Hall–Kier alpha value is -0.120. The van der Waals surface area contributed by atoms with Crippen molar-refractivity contribution in [2.24, 2.45) is 5.92 Å². The summed E-state index contributed by atoms with van der Waals surface area (Å²) in [5.74, 6) is 0.787. The highest BCUT2D eigenvalue weighted by atomic mass is 16.6. The predicted octanol–water partition coefficient (Wildman–Crippen LogP) is 1.57. The van der Waals surface area contributed by atoms with Crippen LogP contribution in [0.25, 0.3) is 0 Å². The van der Waals surface area contributed by atoms with Gasteiger partial charge in [-0.15, -0.1) is 0 Å². The Morgan fingerprint density at radius 1 is 1.13 bits per heavy atom. The molecule has 0 spiro atoms. The zero-order valence-electron chi connectivity index (χ0n) is 9.71. The molecule has 3 heteroatoms. The molecule has 2 atom stereocenters. The van der Waals surface area contributed by atoms with E-state index in [0.717, 1.165) is 25.7 Å². The zero-order valence-corrected chi connectivity index (χ0v) is 9.71. The Balaban J connectivity index is 1.88. The van der Waals surface area contributed by atoms with Crippen LogP contribution in [0.3, 0.4) is 0 Å². The first-order valence-corrected chi connectivity index (χ1v) is 6.28. The molecule has 1 aliphatic heterocycles. The molecule has 3 nitrogen and oxygen atoms in total. The molecule has 88 valence electrons. The van der Waals surface area contributed by atoms with Crippen molar-refractivity contribution in [1.29, 1.82) is 0 Å². The maximum atomic E-state index is 5.80. The lowest BCUT2D eigenvalue weighted by Gasteiger charge is -2.37. The molecular formula is C12H23NO2. The van der Waals surface area contributed by atoms with Gasteiger partial charge in [-0.1, -0.05) is 19.3 Å². The molecule has 1 heterocycles. The van der Waals surface area contributed by atoms with E-state index < -0.39 is 0 Å². The van der Waals surface area contributed by atoms with Gasteiger partial charge in [-0.25, -0.2) is 0 Å². The van der Waals surface area contributed by atoms with Gasteiger partial charge < -0.3 is 14.8 Å². The van der Waals surface area contributed by atoms with E-state index in [0.29, 0.717) is 6.04 Å². The molecule has 1 saturated heterocycles.